The first-order chi connectivity index (χ1) is 10.0. The molecule has 7 nitrogen and oxygen atoms in total. The van der Waals surface area contributed by atoms with Crippen molar-refractivity contribution >= 4 is 17.7 Å². The van der Waals surface area contributed by atoms with Gasteiger partial charge in [-0.25, -0.2) is 0 Å². The van der Waals surface area contributed by atoms with E-state index in [0.717, 1.165) is 6.42 Å². The topological polar surface area (TPSA) is 105 Å². The number of hydrogen-bond donors (Lipinski definition) is 1. The van der Waals surface area contributed by atoms with E-state index in [-0.39, 0.29) is 17.0 Å². The third-order valence-corrected chi connectivity index (χ3v) is 2.61. The van der Waals surface area contributed by atoms with Gasteiger partial charge in [0, 0.05) is 12.6 Å². The van der Waals surface area contributed by atoms with E-state index in [1.807, 2.05) is 6.92 Å². The molecule has 0 unspecified atom stereocenters. The smallest absolute Gasteiger partial charge is 0.311 e. The van der Waals surface area contributed by atoms with E-state index >= 15 is 0 Å². The van der Waals surface area contributed by atoms with Crippen molar-refractivity contribution in [2.24, 2.45) is 0 Å². The summed E-state index contributed by atoms with van der Waals surface area (Å²) in [5.74, 6) is -0.385. The molecule has 0 radical (unpaired) electrons. The standard InChI is InChI=1S/C14H15N3O4/c1-3-6-16-14(18)11(9-15)7-10-4-5-13(21-2)12(8-10)17(19)20/h4-5,7-8H,3,6H2,1-2H3,(H,16,18)/b11-7-. The molecule has 110 valence electrons. The van der Waals surface area contributed by atoms with Gasteiger partial charge in [-0.2, -0.15) is 5.26 Å². The molecule has 0 fully saturated rings. The normalized spacial score (nSPS) is 10.6. The van der Waals surface area contributed by atoms with Crippen LogP contribution in [-0.2, 0) is 4.79 Å². The highest BCUT2D eigenvalue weighted by atomic mass is 16.6. The molecule has 1 amide bonds. The quantitative estimate of drug-likeness (QED) is 0.373. The number of nitro benzene ring substituents is 1. The van der Waals surface area contributed by atoms with Gasteiger partial charge in [0.05, 0.1) is 12.0 Å². The zero-order valence-corrected chi connectivity index (χ0v) is 11.8. The molecule has 1 N–H and O–H groups in total. The van der Waals surface area contributed by atoms with Crippen LogP contribution < -0.4 is 10.1 Å². The van der Waals surface area contributed by atoms with Crippen molar-refractivity contribution in [3.8, 4) is 11.8 Å². The zero-order valence-electron chi connectivity index (χ0n) is 11.8. The van der Waals surface area contributed by atoms with E-state index in [9.17, 15) is 14.9 Å². The average Bonchev–Trinajstić information content (AvgIpc) is 2.49. The lowest BCUT2D eigenvalue weighted by molar-refractivity contribution is -0.385. The lowest BCUT2D eigenvalue weighted by Gasteiger charge is -2.04. The Labute approximate surface area is 122 Å². The molecule has 0 aliphatic heterocycles. The maximum atomic E-state index is 11.7. The third-order valence-electron chi connectivity index (χ3n) is 2.61. The van der Waals surface area contributed by atoms with Crippen molar-refractivity contribution in [1.29, 1.82) is 5.26 Å². The Hall–Kier alpha value is -2.88. The number of nitrogens with one attached hydrogen (secondary N) is 1. The number of methoxy groups -OCH3 is 1. The number of ether oxygens (including phenoxy) is 1. The van der Waals surface area contributed by atoms with Crippen LogP contribution in [0.1, 0.15) is 18.9 Å². The van der Waals surface area contributed by atoms with Gasteiger partial charge in [-0.3, -0.25) is 14.9 Å². The van der Waals surface area contributed by atoms with Crippen molar-refractivity contribution in [2.75, 3.05) is 13.7 Å². The highest BCUT2D eigenvalue weighted by Gasteiger charge is 2.15. The number of nitriles is 1. The zero-order chi connectivity index (χ0) is 15.8. The van der Waals surface area contributed by atoms with Gasteiger partial charge in [-0.1, -0.05) is 13.0 Å². The first-order valence-corrected chi connectivity index (χ1v) is 6.25. The van der Waals surface area contributed by atoms with E-state index in [2.05, 4.69) is 5.32 Å². The molecule has 0 saturated carbocycles. The SMILES string of the molecule is CCCNC(=O)/C(C#N)=C\c1ccc(OC)c([N+](=O)[O-])c1. The number of nitro groups is 1. The highest BCUT2D eigenvalue weighted by molar-refractivity contribution is 6.01. The molecule has 0 bridgehead atoms. The molecule has 1 rings (SSSR count). The molecular formula is C14H15N3O4. The van der Waals surface area contributed by atoms with Crippen LogP contribution in [0.3, 0.4) is 0 Å². The first-order valence-electron chi connectivity index (χ1n) is 6.25. The summed E-state index contributed by atoms with van der Waals surface area (Å²) in [4.78, 5) is 22.1. The summed E-state index contributed by atoms with van der Waals surface area (Å²) in [6.07, 6.45) is 2.05. The van der Waals surface area contributed by atoms with E-state index in [0.29, 0.717) is 12.1 Å². The fraction of sp³-hybridized carbons (Fsp3) is 0.286. The Bertz CT molecular complexity index is 617. The van der Waals surface area contributed by atoms with Crippen LogP contribution in [-0.4, -0.2) is 24.5 Å². The second-order valence-corrected chi connectivity index (χ2v) is 4.11. The maximum Gasteiger partial charge on any atom is 0.311 e. The molecule has 0 aromatic heterocycles. The average molecular weight is 289 g/mol. The Morgan fingerprint density at radius 1 is 1.57 bits per heavy atom. The summed E-state index contributed by atoms with van der Waals surface area (Å²) in [5.41, 5.74) is 0.0473. The molecule has 1 aromatic rings. The minimum absolute atomic E-state index is 0.108. The van der Waals surface area contributed by atoms with Crippen molar-refractivity contribution in [1.82, 2.24) is 5.32 Å². The van der Waals surface area contributed by atoms with Crippen LogP contribution >= 0.6 is 0 Å². The van der Waals surface area contributed by atoms with Crippen LogP contribution in [0.2, 0.25) is 0 Å². The van der Waals surface area contributed by atoms with Crippen LogP contribution in [0.25, 0.3) is 6.08 Å². The number of rotatable bonds is 6. The van der Waals surface area contributed by atoms with E-state index in [1.54, 1.807) is 6.07 Å². The van der Waals surface area contributed by atoms with Crippen LogP contribution in [0, 0.1) is 21.4 Å². The molecule has 7 heteroatoms. The summed E-state index contributed by atoms with van der Waals surface area (Å²) < 4.78 is 4.89. The van der Waals surface area contributed by atoms with Crippen molar-refractivity contribution < 1.29 is 14.5 Å². The minimum Gasteiger partial charge on any atom is -0.490 e. The fourth-order valence-corrected chi connectivity index (χ4v) is 1.59. The Morgan fingerprint density at radius 2 is 2.29 bits per heavy atom. The largest absolute Gasteiger partial charge is 0.490 e. The van der Waals surface area contributed by atoms with Gasteiger partial charge in [0.15, 0.2) is 5.75 Å². The first kappa shape index (κ1) is 16.2. The number of benzene rings is 1. The second-order valence-electron chi connectivity index (χ2n) is 4.11. The van der Waals surface area contributed by atoms with E-state index in [1.165, 1.54) is 31.4 Å². The predicted molar refractivity (Wildman–Crippen MR) is 76.5 cm³/mol. The predicted octanol–water partition coefficient (Wildman–Crippen LogP) is 2.04. The van der Waals surface area contributed by atoms with Gasteiger partial charge < -0.3 is 10.1 Å². The van der Waals surface area contributed by atoms with Gasteiger partial charge >= 0.3 is 5.69 Å². The minimum atomic E-state index is -0.584. The van der Waals surface area contributed by atoms with Gasteiger partial charge in [0.1, 0.15) is 11.6 Å². The monoisotopic (exact) mass is 289 g/mol. The Balaban J connectivity index is 3.12. The molecule has 0 aliphatic carbocycles. The Morgan fingerprint density at radius 3 is 2.81 bits per heavy atom. The summed E-state index contributed by atoms with van der Waals surface area (Å²) in [5, 5.41) is 22.5. The maximum absolute atomic E-state index is 11.7. The van der Waals surface area contributed by atoms with Gasteiger partial charge in [-0.15, -0.1) is 0 Å². The molecule has 0 atom stereocenters. The number of hydrogen-bond acceptors (Lipinski definition) is 5. The van der Waals surface area contributed by atoms with Crippen LogP contribution in [0.15, 0.2) is 23.8 Å². The molecule has 1 aromatic carbocycles. The van der Waals surface area contributed by atoms with Gasteiger partial charge in [0.2, 0.25) is 0 Å². The van der Waals surface area contributed by atoms with Gasteiger partial charge in [-0.05, 0) is 24.1 Å². The van der Waals surface area contributed by atoms with Crippen LogP contribution in [0.5, 0.6) is 5.75 Å². The molecule has 0 spiro atoms. The summed E-state index contributed by atoms with van der Waals surface area (Å²) in [6.45, 7) is 2.35. The summed E-state index contributed by atoms with van der Waals surface area (Å²) in [6, 6.07) is 6.00. The Kier molecular flexibility index (Phi) is 5.89. The highest BCUT2D eigenvalue weighted by Crippen LogP contribution is 2.28. The van der Waals surface area contributed by atoms with Crippen molar-refractivity contribution in [3.63, 3.8) is 0 Å². The summed E-state index contributed by atoms with van der Waals surface area (Å²) >= 11 is 0. The second kappa shape index (κ2) is 7.65. The number of amides is 1. The lowest BCUT2D eigenvalue weighted by atomic mass is 10.1. The molecule has 0 aliphatic rings. The van der Waals surface area contributed by atoms with Gasteiger partial charge in [0.25, 0.3) is 5.91 Å². The lowest BCUT2D eigenvalue weighted by Crippen LogP contribution is -2.25. The number of carbonyl (C=O) groups is 1. The van der Waals surface area contributed by atoms with Crippen molar-refractivity contribution in [2.45, 2.75) is 13.3 Å². The summed E-state index contributed by atoms with van der Waals surface area (Å²) in [7, 11) is 1.33. The van der Waals surface area contributed by atoms with E-state index in [4.69, 9.17) is 10.00 Å². The number of carbonyl (C=O) groups excluding carboxylic acids is 1. The molecule has 21 heavy (non-hydrogen) atoms. The van der Waals surface area contributed by atoms with Crippen LogP contribution in [0.4, 0.5) is 5.69 Å². The molecular weight excluding hydrogens is 274 g/mol. The number of nitrogens with zero attached hydrogens (tertiary/aromatic N) is 2. The fourth-order valence-electron chi connectivity index (χ4n) is 1.59. The van der Waals surface area contributed by atoms with E-state index < -0.39 is 10.8 Å². The van der Waals surface area contributed by atoms with Crippen molar-refractivity contribution in [3.05, 3.63) is 39.4 Å². The molecule has 0 heterocycles. The molecule has 0 saturated heterocycles. The third kappa shape index (κ3) is 4.31.